The van der Waals surface area contributed by atoms with Gasteiger partial charge in [0.25, 0.3) is 0 Å². The Balaban J connectivity index is 2.22. The number of carbonyl (C=O) groups is 1. The van der Waals surface area contributed by atoms with Gasteiger partial charge in [-0.3, -0.25) is 9.10 Å². The Kier molecular flexibility index (Phi) is 6.16. The van der Waals surface area contributed by atoms with Crippen LogP contribution < -0.4 is 14.4 Å². The maximum Gasteiger partial charge on any atom is 0.245 e. The minimum atomic E-state index is -3.75. The Morgan fingerprint density at radius 2 is 1.80 bits per heavy atom. The molecule has 0 heterocycles. The maximum absolute atomic E-state index is 12.3. The first-order valence-corrected chi connectivity index (χ1v) is 9.68. The van der Waals surface area contributed by atoms with Crippen LogP contribution in [0.3, 0.4) is 0 Å². The van der Waals surface area contributed by atoms with Crippen LogP contribution in [0.15, 0.2) is 42.5 Å². The number of carbonyl (C=O) groups excluding carboxylic acids is 1. The van der Waals surface area contributed by atoms with Gasteiger partial charge in [0.2, 0.25) is 15.9 Å². The highest BCUT2D eigenvalue weighted by atomic mass is 35.5. The number of methoxy groups -OCH3 is 1. The number of nitrogens with one attached hydrogen (secondary N) is 1. The summed E-state index contributed by atoms with van der Waals surface area (Å²) in [6.07, 6.45) is 0.991. The van der Waals surface area contributed by atoms with Crippen LogP contribution in [-0.4, -0.2) is 34.2 Å². The summed E-state index contributed by atoms with van der Waals surface area (Å²) in [6.45, 7) is -0.440. The lowest BCUT2D eigenvalue weighted by Crippen LogP contribution is -2.37. The first-order chi connectivity index (χ1) is 11.7. The molecule has 134 valence electrons. The summed E-state index contributed by atoms with van der Waals surface area (Å²) in [6, 6.07) is 11.0. The molecule has 1 amide bonds. The summed E-state index contributed by atoms with van der Waals surface area (Å²) in [5.74, 6) is 0.119. The summed E-state index contributed by atoms with van der Waals surface area (Å²) < 4.78 is 30.1. The van der Waals surface area contributed by atoms with Crippen molar-refractivity contribution in [2.45, 2.75) is 0 Å². The van der Waals surface area contributed by atoms with Crippen LogP contribution in [0.2, 0.25) is 10.0 Å². The molecule has 0 aliphatic heterocycles. The highest BCUT2D eigenvalue weighted by molar-refractivity contribution is 7.92. The molecule has 2 rings (SSSR count). The molecule has 2 aromatic rings. The monoisotopic (exact) mass is 402 g/mol. The van der Waals surface area contributed by atoms with E-state index < -0.39 is 22.5 Å². The zero-order valence-electron chi connectivity index (χ0n) is 13.5. The Morgan fingerprint density at radius 1 is 1.16 bits per heavy atom. The van der Waals surface area contributed by atoms with E-state index in [-0.39, 0.29) is 10.7 Å². The zero-order valence-corrected chi connectivity index (χ0v) is 15.8. The van der Waals surface area contributed by atoms with Gasteiger partial charge in [0.1, 0.15) is 12.3 Å². The molecule has 0 aromatic heterocycles. The Hall–Kier alpha value is -1.96. The van der Waals surface area contributed by atoms with E-state index in [0.717, 1.165) is 10.6 Å². The van der Waals surface area contributed by atoms with Crippen molar-refractivity contribution in [3.05, 3.63) is 52.5 Å². The van der Waals surface area contributed by atoms with E-state index in [0.29, 0.717) is 16.5 Å². The topological polar surface area (TPSA) is 75.7 Å². The molecule has 1 N–H and O–H groups in total. The number of rotatable bonds is 6. The van der Waals surface area contributed by atoms with Crippen molar-refractivity contribution >= 4 is 50.5 Å². The molecule has 2 aromatic carbocycles. The average molecular weight is 403 g/mol. The molecule has 0 aliphatic carbocycles. The first kappa shape index (κ1) is 19.4. The molecule has 0 atom stereocenters. The quantitative estimate of drug-likeness (QED) is 0.802. The Labute approximate surface area is 156 Å². The van der Waals surface area contributed by atoms with Gasteiger partial charge >= 0.3 is 0 Å². The minimum Gasteiger partial charge on any atom is -0.497 e. The molecule has 0 saturated carbocycles. The van der Waals surface area contributed by atoms with E-state index in [1.54, 1.807) is 24.3 Å². The fourth-order valence-electron chi connectivity index (χ4n) is 2.06. The van der Waals surface area contributed by atoms with Gasteiger partial charge in [0, 0.05) is 10.7 Å². The molecule has 0 spiro atoms. The third-order valence-corrected chi connectivity index (χ3v) is 4.92. The number of benzene rings is 2. The van der Waals surface area contributed by atoms with Crippen LogP contribution in [0.5, 0.6) is 5.75 Å². The van der Waals surface area contributed by atoms with Crippen molar-refractivity contribution in [3.63, 3.8) is 0 Å². The SMILES string of the molecule is COc1ccc(NC(=O)CN(c2cc(Cl)ccc2Cl)S(C)(=O)=O)cc1. The van der Waals surface area contributed by atoms with Crippen molar-refractivity contribution in [3.8, 4) is 5.75 Å². The number of nitrogens with zero attached hydrogens (tertiary/aromatic N) is 1. The molecule has 6 nitrogen and oxygen atoms in total. The smallest absolute Gasteiger partial charge is 0.245 e. The van der Waals surface area contributed by atoms with Gasteiger partial charge < -0.3 is 10.1 Å². The lowest BCUT2D eigenvalue weighted by atomic mass is 10.3. The lowest BCUT2D eigenvalue weighted by Gasteiger charge is -2.23. The van der Waals surface area contributed by atoms with Gasteiger partial charge in [-0.25, -0.2) is 8.42 Å². The fourth-order valence-corrected chi connectivity index (χ4v) is 3.36. The third-order valence-electron chi connectivity index (χ3n) is 3.24. The van der Waals surface area contributed by atoms with Crippen molar-refractivity contribution < 1.29 is 17.9 Å². The molecule has 0 unspecified atom stereocenters. The number of anilines is 2. The van der Waals surface area contributed by atoms with Crippen LogP contribution >= 0.6 is 23.2 Å². The standard InChI is InChI=1S/C16H16Cl2N2O4S/c1-24-13-6-4-12(5-7-13)19-16(21)10-20(25(2,22)23)15-9-11(17)3-8-14(15)18/h3-9H,10H2,1-2H3,(H,19,21). The Bertz CT molecular complexity index is 870. The maximum atomic E-state index is 12.3. The summed E-state index contributed by atoms with van der Waals surface area (Å²) >= 11 is 12.0. The number of sulfonamides is 1. The molecule has 0 radical (unpaired) electrons. The van der Waals surface area contributed by atoms with Crippen molar-refractivity contribution in [1.29, 1.82) is 0 Å². The second kappa shape index (κ2) is 7.95. The van der Waals surface area contributed by atoms with Crippen LogP contribution in [0.25, 0.3) is 0 Å². The van der Waals surface area contributed by atoms with Crippen molar-refractivity contribution in [2.75, 3.05) is 29.5 Å². The number of hydrogen-bond acceptors (Lipinski definition) is 4. The van der Waals surface area contributed by atoms with Crippen LogP contribution in [0.4, 0.5) is 11.4 Å². The molecular formula is C16H16Cl2N2O4S. The van der Waals surface area contributed by atoms with E-state index in [4.69, 9.17) is 27.9 Å². The number of amides is 1. The van der Waals surface area contributed by atoms with E-state index in [9.17, 15) is 13.2 Å². The van der Waals surface area contributed by atoms with Gasteiger partial charge in [-0.2, -0.15) is 0 Å². The fraction of sp³-hybridized carbons (Fsp3) is 0.188. The number of halogens is 2. The van der Waals surface area contributed by atoms with Crippen molar-refractivity contribution in [2.24, 2.45) is 0 Å². The van der Waals surface area contributed by atoms with E-state index in [1.165, 1.54) is 25.3 Å². The molecule has 0 bridgehead atoms. The van der Waals surface area contributed by atoms with Crippen LogP contribution in [0, 0.1) is 0 Å². The first-order valence-electron chi connectivity index (χ1n) is 7.07. The van der Waals surface area contributed by atoms with E-state index >= 15 is 0 Å². The predicted octanol–water partition coefficient (Wildman–Crippen LogP) is 3.41. The summed E-state index contributed by atoms with van der Waals surface area (Å²) in [5, 5.41) is 3.11. The highest BCUT2D eigenvalue weighted by Crippen LogP contribution is 2.30. The van der Waals surface area contributed by atoms with Gasteiger partial charge in [0.15, 0.2) is 0 Å². The Morgan fingerprint density at radius 3 is 2.36 bits per heavy atom. The average Bonchev–Trinajstić information content (AvgIpc) is 2.55. The van der Waals surface area contributed by atoms with Gasteiger partial charge in [-0.1, -0.05) is 23.2 Å². The minimum absolute atomic E-state index is 0.140. The second-order valence-electron chi connectivity index (χ2n) is 5.14. The normalized spacial score (nSPS) is 11.0. The van der Waals surface area contributed by atoms with E-state index in [1.807, 2.05) is 0 Å². The second-order valence-corrected chi connectivity index (χ2v) is 7.89. The van der Waals surface area contributed by atoms with Crippen LogP contribution in [0.1, 0.15) is 0 Å². The van der Waals surface area contributed by atoms with Crippen molar-refractivity contribution in [1.82, 2.24) is 0 Å². The predicted molar refractivity (Wildman–Crippen MR) is 100 cm³/mol. The zero-order chi connectivity index (χ0) is 18.6. The molecule has 0 aliphatic rings. The number of ether oxygens (including phenoxy) is 1. The molecule has 9 heteroatoms. The molecule has 0 saturated heterocycles. The molecule has 0 fully saturated rings. The third kappa shape index (κ3) is 5.26. The largest absolute Gasteiger partial charge is 0.497 e. The highest BCUT2D eigenvalue weighted by Gasteiger charge is 2.23. The molecule has 25 heavy (non-hydrogen) atoms. The van der Waals surface area contributed by atoms with Gasteiger partial charge in [-0.05, 0) is 42.5 Å². The van der Waals surface area contributed by atoms with Crippen LogP contribution in [-0.2, 0) is 14.8 Å². The summed E-state index contributed by atoms with van der Waals surface area (Å²) in [5.41, 5.74) is 0.651. The summed E-state index contributed by atoms with van der Waals surface area (Å²) in [7, 11) is -2.21. The molecular weight excluding hydrogens is 387 g/mol. The number of hydrogen-bond donors (Lipinski definition) is 1. The van der Waals surface area contributed by atoms with Gasteiger partial charge in [-0.15, -0.1) is 0 Å². The lowest BCUT2D eigenvalue weighted by molar-refractivity contribution is -0.114. The van der Waals surface area contributed by atoms with Gasteiger partial charge in [0.05, 0.1) is 24.1 Å². The summed E-state index contributed by atoms with van der Waals surface area (Å²) in [4.78, 5) is 12.3. The van der Waals surface area contributed by atoms with E-state index in [2.05, 4.69) is 5.32 Å².